The van der Waals surface area contributed by atoms with Crippen molar-refractivity contribution in [2.45, 2.75) is 50.2 Å². The molecule has 0 aromatic heterocycles. The number of rotatable bonds is 1. The van der Waals surface area contributed by atoms with Gasteiger partial charge in [-0.3, -0.25) is 9.69 Å². The van der Waals surface area contributed by atoms with Gasteiger partial charge in [0, 0.05) is 31.1 Å². The van der Waals surface area contributed by atoms with Crippen LogP contribution in [0.5, 0.6) is 0 Å². The summed E-state index contributed by atoms with van der Waals surface area (Å²) in [6.07, 6.45) is 6.01. The van der Waals surface area contributed by atoms with Gasteiger partial charge < -0.3 is 5.32 Å². The molecular weight excluding hydrogens is 164 g/mol. The minimum absolute atomic E-state index is 0.262. The molecule has 3 nitrogen and oxygen atoms in total. The van der Waals surface area contributed by atoms with Gasteiger partial charge in [-0.2, -0.15) is 0 Å². The van der Waals surface area contributed by atoms with E-state index in [1.54, 1.807) is 0 Å². The maximum atomic E-state index is 11.3. The number of carbonyl (C=O) groups is 1. The molecule has 0 aromatic carbocycles. The highest BCUT2D eigenvalue weighted by Crippen LogP contribution is 2.38. The van der Waals surface area contributed by atoms with E-state index in [0.29, 0.717) is 12.1 Å². The highest BCUT2D eigenvalue weighted by molar-refractivity contribution is 5.77. The number of nitrogens with zero attached hydrogens (tertiary/aromatic N) is 1. The number of hydrogen-bond donors (Lipinski definition) is 1. The Hall–Kier alpha value is -0.570. The smallest absolute Gasteiger partial charge is 0.221 e. The molecule has 2 atom stereocenters. The van der Waals surface area contributed by atoms with Crippen LogP contribution in [0.2, 0.25) is 0 Å². The molecule has 0 radical (unpaired) electrons. The van der Waals surface area contributed by atoms with E-state index >= 15 is 0 Å². The lowest BCUT2D eigenvalue weighted by atomic mass is 10.1. The summed E-state index contributed by atoms with van der Waals surface area (Å²) in [7, 11) is 0. The first-order valence-electron chi connectivity index (χ1n) is 5.39. The van der Waals surface area contributed by atoms with Crippen molar-refractivity contribution in [3.05, 3.63) is 0 Å². The van der Waals surface area contributed by atoms with Crippen LogP contribution in [0.3, 0.4) is 0 Å². The van der Waals surface area contributed by atoms with Crippen LogP contribution in [0.15, 0.2) is 0 Å². The summed E-state index contributed by atoms with van der Waals surface area (Å²) < 4.78 is 0. The van der Waals surface area contributed by atoms with Crippen molar-refractivity contribution in [2.24, 2.45) is 0 Å². The van der Waals surface area contributed by atoms with Crippen molar-refractivity contribution in [3.8, 4) is 0 Å². The van der Waals surface area contributed by atoms with Gasteiger partial charge in [0.05, 0.1) is 0 Å². The van der Waals surface area contributed by atoms with Crippen molar-refractivity contribution >= 4 is 5.91 Å². The number of nitrogens with one attached hydrogen (secondary N) is 1. The Bertz CT molecular complexity index is 237. The molecule has 3 rings (SSSR count). The summed E-state index contributed by atoms with van der Waals surface area (Å²) >= 11 is 0. The summed E-state index contributed by atoms with van der Waals surface area (Å²) in [5.74, 6) is 0.262. The molecule has 2 saturated heterocycles. The average Bonchev–Trinajstić information content (AvgIpc) is 2.85. The van der Waals surface area contributed by atoms with E-state index < -0.39 is 0 Å². The zero-order chi connectivity index (χ0) is 8.84. The maximum Gasteiger partial charge on any atom is 0.221 e. The summed E-state index contributed by atoms with van der Waals surface area (Å²) in [6.45, 7) is 0.895. The lowest BCUT2D eigenvalue weighted by molar-refractivity contribution is -0.121. The van der Waals surface area contributed by atoms with E-state index in [2.05, 4.69) is 10.2 Å². The van der Waals surface area contributed by atoms with Crippen molar-refractivity contribution < 1.29 is 4.79 Å². The second-order valence-electron chi connectivity index (χ2n) is 4.57. The maximum absolute atomic E-state index is 11.3. The third-order valence-electron chi connectivity index (χ3n) is 3.60. The van der Waals surface area contributed by atoms with E-state index in [1.165, 1.54) is 25.7 Å². The fourth-order valence-electron chi connectivity index (χ4n) is 2.88. The molecular formula is C10H16N2O. The largest absolute Gasteiger partial charge is 0.354 e. The van der Waals surface area contributed by atoms with Crippen LogP contribution in [0, 0.1) is 0 Å². The third-order valence-corrected chi connectivity index (χ3v) is 3.60. The molecule has 2 bridgehead atoms. The van der Waals surface area contributed by atoms with E-state index in [4.69, 9.17) is 0 Å². The molecule has 72 valence electrons. The highest BCUT2D eigenvalue weighted by atomic mass is 16.1. The molecule has 3 heteroatoms. The van der Waals surface area contributed by atoms with Crippen LogP contribution in [0.4, 0.5) is 0 Å². The fraction of sp³-hybridized carbons (Fsp3) is 0.900. The van der Waals surface area contributed by atoms with Gasteiger partial charge in [0.1, 0.15) is 0 Å². The summed E-state index contributed by atoms with van der Waals surface area (Å²) in [5.41, 5.74) is 0. The standard InChI is InChI=1S/C10H16N2O/c13-10-5-8-3-4-9(6-11-10)12(8)7-1-2-7/h7-9H,1-6H2,(H,11,13)/t8-,9+/m1/s1. The Kier molecular flexibility index (Phi) is 1.62. The number of hydrogen-bond acceptors (Lipinski definition) is 2. The Balaban J connectivity index is 1.82. The number of amides is 1. The van der Waals surface area contributed by atoms with Gasteiger partial charge in [-0.15, -0.1) is 0 Å². The van der Waals surface area contributed by atoms with Crippen LogP contribution in [0.25, 0.3) is 0 Å². The molecule has 0 unspecified atom stereocenters. The third kappa shape index (κ3) is 1.26. The fourth-order valence-corrected chi connectivity index (χ4v) is 2.88. The lowest BCUT2D eigenvalue weighted by Crippen LogP contribution is -2.39. The van der Waals surface area contributed by atoms with Gasteiger partial charge in [0.25, 0.3) is 0 Å². The van der Waals surface area contributed by atoms with E-state index in [-0.39, 0.29) is 5.91 Å². The molecule has 3 fully saturated rings. The number of fused-ring (bicyclic) bond motifs is 2. The molecule has 3 aliphatic rings. The Labute approximate surface area is 78.5 Å². The quantitative estimate of drug-likeness (QED) is 0.637. The topological polar surface area (TPSA) is 32.3 Å². The molecule has 2 heterocycles. The van der Waals surface area contributed by atoms with Gasteiger partial charge in [-0.1, -0.05) is 0 Å². The van der Waals surface area contributed by atoms with E-state index in [0.717, 1.165) is 19.0 Å². The van der Waals surface area contributed by atoms with E-state index in [1.807, 2.05) is 0 Å². The molecule has 1 amide bonds. The van der Waals surface area contributed by atoms with Crippen molar-refractivity contribution in [1.29, 1.82) is 0 Å². The Morgan fingerprint density at radius 1 is 1.08 bits per heavy atom. The van der Waals surface area contributed by atoms with Crippen LogP contribution < -0.4 is 5.32 Å². The van der Waals surface area contributed by atoms with Crippen molar-refractivity contribution in [3.63, 3.8) is 0 Å². The van der Waals surface area contributed by atoms with Gasteiger partial charge in [0.2, 0.25) is 5.91 Å². The van der Waals surface area contributed by atoms with Crippen LogP contribution in [0.1, 0.15) is 32.1 Å². The van der Waals surface area contributed by atoms with Gasteiger partial charge in [-0.25, -0.2) is 0 Å². The first-order chi connectivity index (χ1) is 6.34. The van der Waals surface area contributed by atoms with Gasteiger partial charge in [-0.05, 0) is 25.7 Å². The first kappa shape index (κ1) is 7.80. The monoisotopic (exact) mass is 180 g/mol. The predicted octanol–water partition coefficient (Wildman–Crippen LogP) is 0.502. The summed E-state index contributed by atoms with van der Waals surface area (Å²) in [4.78, 5) is 13.9. The molecule has 0 spiro atoms. The Morgan fingerprint density at radius 3 is 2.54 bits per heavy atom. The normalized spacial score (nSPS) is 40.2. The molecule has 13 heavy (non-hydrogen) atoms. The van der Waals surface area contributed by atoms with E-state index in [9.17, 15) is 4.79 Å². The Morgan fingerprint density at radius 2 is 1.77 bits per heavy atom. The van der Waals surface area contributed by atoms with Gasteiger partial charge >= 0.3 is 0 Å². The van der Waals surface area contributed by atoms with Crippen LogP contribution in [-0.4, -0.2) is 35.5 Å². The first-order valence-corrected chi connectivity index (χ1v) is 5.39. The molecule has 1 saturated carbocycles. The molecule has 0 aromatic rings. The predicted molar refractivity (Wildman–Crippen MR) is 49.3 cm³/mol. The minimum Gasteiger partial charge on any atom is -0.354 e. The zero-order valence-corrected chi connectivity index (χ0v) is 7.83. The summed E-state index contributed by atoms with van der Waals surface area (Å²) in [6, 6.07) is 2.05. The lowest BCUT2D eigenvalue weighted by Gasteiger charge is -2.26. The minimum atomic E-state index is 0.262. The molecule has 1 aliphatic carbocycles. The number of carbonyl (C=O) groups excluding carboxylic acids is 1. The van der Waals surface area contributed by atoms with Crippen LogP contribution >= 0.6 is 0 Å². The van der Waals surface area contributed by atoms with Crippen LogP contribution in [-0.2, 0) is 4.79 Å². The second kappa shape index (κ2) is 2.71. The SMILES string of the molecule is O=C1C[C@H]2CC[C@@H](CN1)N2C1CC1. The zero-order valence-electron chi connectivity index (χ0n) is 7.83. The molecule has 1 N–H and O–H groups in total. The second-order valence-corrected chi connectivity index (χ2v) is 4.57. The average molecular weight is 180 g/mol. The molecule has 2 aliphatic heterocycles. The van der Waals surface area contributed by atoms with Gasteiger partial charge in [0.15, 0.2) is 0 Å². The highest BCUT2D eigenvalue weighted by Gasteiger charge is 2.44. The van der Waals surface area contributed by atoms with Crippen molar-refractivity contribution in [2.75, 3.05) is 6.54 Å². The summed E-state index contributed by atoms with van der Waals surface area (Å²) in [5, 5.41) is 3.01. The van der Waals surface area contributed by atoms with Crippen molar-refractivity contribution in [1.82, 2.24) is 10.2 Å².